The summed E-state index contributed by atoms with van der Waals surface area (Å²) in [7, 11) is -4.88. The van der Waals surface area contributed by atoms with Gasteiger partial charge in [-0.25, -0.2) is 9.37 Å². The van der Waals surface area contributed by atoms with Gasteiger partial charge >= 0.3 is 10.2 Å². The molecule has 1 heterocycles. The van der Waals surface area contributed by atoms with Crippen LogP contribution in [0.2, 0.25) is 0 Å². The van der Waals surface area contributed by atoms with Crippen LogP contribution < -0.4 is 5.32 Å². The first kappa shape index (κ1) is 18.2. The second-order valence-corrected chi connectivity index (χ2v) is 7.68. The van der Waals surface area contributed by atoms with Crippen LogP contribution in [0.5, 0.6) is 0 Å². The van der Waals surface area contributed by atoms with E-state index in [0.29, 0.717) is 11.7 Å². The first-order chi connectivity index (χ1) is 12.3. The summed E-state index contributed by atoms with van der Waals surface area (Å²) in [5, 5.41) is 3.50. The molecular weight excluding hydrogens is 382 g/mol. The predicted molar refractivity (Wildman–Crippen MR) is 94.0 cm³/mol. The third-order valence-electron chi connectivity index (χ3n) is 3.46. The lowest BCUT2D eigenvalue weighted by Crippen LogP contribution is -2.01. The van der Waals surface area contributed by atoms with Crippen molar-refractivity contribution in [3.05, 3.63) is 76.5 Å². The summed E-state index contributed by atoms with van der Waals surface area (Å²) >= 11 is 1.08. The highest BCUT2D eigenvalue weighted by Gasteiger charge is 2.17. The zero-order chi connectivity index (χ0) is 18.7. The van der Waals surface area contributed by atoms with E-state index in [0.717, 1.165) is 29.0 Å². The molecule has 0 spiro atoms. The van der Waals surface area contributed by atoms with Gasteiger partial charge in [-0.05, 0) is 29.8 Å². The zero-order valence-corrected chi connectivity index (χ0v) is 14.8. The van der Waals surface area contributed by atoms with Gasteiger partial charge in [-0.1, -0.05) is 35.6 Å². The van der Waals surface area contributed by atoms with Gasteiger partial charge in [-0.2, -0.15) is 8.42 Å². The average molecular weight is 394 g/mol. The Morgan fingerprint density at radius 2 is 1.88 bits per heavy atom. The standard InChI is InChI=1S/C17H12F2N2O3S2/c18-13-6-4-11(5-7-13)9-20-17-21-10-15(25-17)16(22)12-2-1-3-14(8-12)26(19,23)24/h1-8,10H,9H2,(H,20,21). The topological polar surface area (TPSA) is 76.1 Å². The van der Waals surface area contributed by atoms with E-state index < -0.39 is 20.9 Å². The molecule has 0 fully saturated rings. The van der Waals surface area contributed by atoms with Crippen molar-refractivity contribution in [1.29, 1.82) is 0 Å². The van der Waals surface area contributed by atoms with E-state index in [1.165, 1.54) is 30.5 Å². The average Bonchev–Trinajstić information content (AvgIpc) is 3.09. The zero-order valence-electron chi connectivity index (χ0n) is 13.1. The van der Waals surface area contributed by atoms with Crippen molar-refractivity contribution in [2.24, 2.45) is 0 Å². The monoisotopic (exact) mass is 394 g/mol. The SMILES string of the molecule is O=C(c1cccc(S(=O)(=O)F)c1)c1cnc(NCc2ccc(F)cc2)s1. The summed E-state index contributed by atoms with van der Waals surface area (Å²) in [4.78, 5) is 16.2. The normalized spacial score (nSPS) is 11.3. The minimum atomic E-state index is -4.88. The van der Waals surface area contributed by atoms with E-state index in [9.17, 15) is 21.5 Å². The fourth-order valence-corrected chi connectivity index (χ4v) is 3.45. The molecule has 0 bridgehead atoms. The minimum absolute atomic E-state index is 0.0532. The summed E-state index contributed by atoms with van der Waals surface area (Å²) in [5.74, 6) is -0.781. The first-order valence-electron chi connectivity index (χ1n) is 7.36. The third-order valence-corrected chi connectivity index (χ3v) is 5.24. The molecule has 0 unspecified atom stereocenters. The third kappa shape index (κ3) is 4.30. The van der Waals surface area contributed by atoms with Crippen LogP contribution in [0.15, 0.2) is 59.6 Å². The largest absolute Gasteiger partial charge is 0.357 e. The van der Waals surface area contributed by atoms with Gasteiger partial charge in [-0.15, -0.1) is 3.89 Å². The summed E-state index contributed by atoms with van der Waals surface area (Å²) in [6.07, 6.45) is 1.36. The molecule has 1 N–H and O–H groups in total. The van der Waals surface area contributed by atoms with Gasteiger partial charge in [0.2, 0.25) is 5.78 Å². The molecule has 5 nitrogen and oxygen atoms in total. The Morgan fingerprint density at radius 1 is 1.15 bits per heavy atom. The molecule has 9 heteroatoms. The molecule has 3 rings (SSSR count). The fraction of sp³-hybridized carbons (Fsp3) is 0.0588. The van der Waals surface area contributed by atoms with Gasteiger partial charge in [0, 0.05) is 12.1 Å². The van der Waals surface area contributed by atoms with Crippen molar-refractivity contribution in [2.45, 2.75) is 11.4 Å². The molecular formula is C17H12F2N2O3S2. The van der Waals surface area contributed by atoms with Gasteiger partial charge in [0.05, 0.1) is 16.0 Å². The lowest BCUT2D eigenvalue weighted by molar-refractivity contribution is 0.104. The Morgan fingerprint density at radius 3 is 2.58 bits per heavy atom. The molecule has 0 saturated heterocycles. The maximum atomic E-state index is 13.1. The molecule has 3 aromatic rings. The summed E-state index contributed by atoms with van der Waals surface area (Å²) in [6, 6.07) is 10.7. The van der Waals surface area contributed by atoms with Crippen LogP contribution in [0.4, 0.5) is 13.4 Å². The molecule has 0 atom stereocenters. The Bertz CT molecular complexity index is 1050. The number of halogens is 2. The Balaban J connectivity index is 1.73. The van der Waals surface area contributed by atoms with Crippen molar-refractivity contribution >= 4 is 32.5 Å². The smallest absolute Gasteiger partial charge is 0.332 e. The molecule has 26 heavy (non-hydrogen) atoms. The van der Waals surface area contributed by atoms with Crippen molar-refractivity contribution < 1.29 is 21.5 Å². The quantitative estimate of drug-likeness (QED) is 0.509. The highest BCUT2D eigenvalue weighted by atomic mass is 32.3. The van der Waals surface area contributed by atoms with E-state index in [1.807, 2.05) is 0 Å². The summed E-state index contributed by atoms with van der Waals surface area (Å²) in [5.41, 5.74) is 0.896. The number of carbonyl (C=O) groups excluding carboxylic acids is 1. The van der Waals surface area contributed by atoms with Crippen LogP contribution in [-0.2, 0) is 16.8 Å². The molecule has 0 saturated carbocycles. The van der Waals surface area contributed by atoms with Crippen LogP contribution in [0.1, 0.15) is 20.8 Å². The highest BCUT2D eigenvalue weighted by Crippen LogP contribution is 2.23. The second-order valence-electron chi connectivity index (χ2n) is 5.30. The van der Waals surface area contributed by atoms with Crippen molar-refractivity contribution in [1.82, 2.24) is 4.98 Å². The molecule has 0 aliphatic carbocycles. The highest BCUT2D eigenvalue weighted by molar-refractivity contribution is 7.86. The summed E-state index contributed by atoms with van der Waals surface area (Å²) < 4.78 is 47.9. The molecule has 0 aliphatic heterocycles. The second kappa shape index (κ2) is 7.30. The lowest BCUT2D eigenvalue weighted by Gasteiger charge is -2.02. The van der Waals surface area contributed by atoms with Crippen LogP contribution >= 0.6 is 11.3 Å². The van der Waals surface area contributed by atoms with Crippen molar-refractivity contribution in [3.63, 3.8) is 0 Å². The van der Waals surface area contributed by atoms with E-state index in [4.69, 9.17) is 0 Å². The van der Waals surface area contributed by atoms with E-state index >= 15 is 0 Å². The Labute approximate surface area is 152 Å². The number of nitrogens with one attached hydrogen (secondary N) is 1. The Hall–Kier alpha value is -2.65. The van der Waals surface area contributed by atoms with Gasteiger partial charge < -0.3 is 5.32 Å². The first-order valence-corrected chi connectivity index (χ1v) is 9.56. The van der Waals surface area contributed by atoms with Crippen LogP contribution in [0.25, 0.3) is 0 Å². The van der Waals surface area contributed by atoms with Gasteiger partial charge in [-0.3, -0.25) is 4.79 Å². The number of hydrogen-bond acceptors (Lipinski definition) is 6. The van der Waals surface area contributed by atoms with Crippen LogP contribution in [-0.4, -0.2) is 19.2 Å². The molecule has 0 radical (unpaired) electrons. The summed E-state index contributed by atoms with van der Waals surface area (Å²) in [6.45, 7) is 0.400. The number of hydrogen-bond donors (Lipinski definition) is 1. The maximum absolute atomic E-state index is 13.1. The van der Waals surface area contributed by atoms with Gasteiger partial charge in [0.25, 0.3) is 0 Å². The number of anilines is 1. The number of thiazole rings is 1. The Kier molecular flexibility index (Phi) is 5.10. The number of ketones is 1. The number of rotatable bonds is 6. The van der Waals surface area contributed by atoms with Crippen molar-refractivity contribution in [2.75, 3.05) is 5.32 Å². The molecule has 2 aromatic carbocycles. The van der Waals surface area contributed by atoms with Crippen LogP contribution in [0, 0.1) is 5.82 Å². The molecule has 0 aliphatic rings. The maximum Gasteiger partial charge on any atom is 0.332 e. The molecule has 134 valence electrons. The number of nitrogens with zero attached hydrogens (tertiary/aromatic N) is 1. The molecule has 0 amide bonds. The minimum Gasteiger partial charge on any atom is -0.357 e. The van der Waals surface area contributed by atoms with Gasteiger partial charge in [0.15, 0.2) is 5.13 Å². The number of benzene rings is 2. The van der Waals surface area contributed by atoms with E-state index in [-0.39, 0.29) is 16.3 Å². The van der Waals surface area contributed by atoms with Gasteiger partial charge in [0.1, 0.15) is 5.82 Å². The lowest BCUT2D eigenvalue weighted by atomic mass is 10.1. The molecule has 1 aromatic heterocycles. The van der Waals surface area contributed by atoms with E-state index in [2.05, 4.69) is 10.3 Å². The number of aromatic nitrogens is 1. The van der Waals surface area contributed by atoms with Crippen LogP contribution in [0.3, 0.4) is 0 Å². The van der Waals surface area contributed by atoms with Crippen molar-refractivity contribution in [3.8, 4) is 0 Å². The fourth-order valence-electron chi connectivity index (χ4n) is 2.17. The predicted octanol–water partition coefficient (Wildman–Crippen LogP) is 3.78. The number of carbonyl (C=O) groups is 1. The van der Waals surface area contributed by atoms with E-state index in [1.54, 1.807) is 12.1 Å².